The van der Waals surface area contributed by atoms with Gasteiger partial charge in [0.15, 0.2) is 0 Å². The van der Waals surface area contributed by atoms with E-state index in [4.69, 9.17) is 5.14 Å². The zero-order chi connectivity index (χ0) is 14.5. The van der Waals surface area contributed by atoms with E-state index in [0.717, 1.165) is 5.56 Å². The number of ether oxygens (including phenoxy) is 1. The highest BCUT2D eigenvalue weighted by atomic mass is 32.2. The molecule has 19 heavy (non-hydrogen) atoms. The summed E-state index contributed by atoms with van der Waals surface area (Å²) in [5, 5.41) is 8.06. The number of esters is 1. The normalized spacial score (nSPS) is 13.0. The quantitative estimate of drug-likeness (QED) is 0.736. The van der Waals surface area contributed by atoms with Crippen molar-refractivity contribution in [3.8, 4) is 0 Å². The maximum atomic E-state index is 11.4. The number of primary sulfonamides is 1. The third-order valence-electron chi connectivity index (χ3n) is 2.67. The molecule has 0 saturated carbocycles. The molecule has 0 fully saturated rings. The molecule has 0 aliphatic carbocycles. The van der Waals surface area contributed by atoms with E-state index in [9.17, 15) is 13.2 Å². The molecule has 0 spiro atoms. The van der Waals surface area contributed by atoms with E-state index >= 15 is 0 Å². The van der Waals surface area contributed by atoms with Gasteiger partial charge in [-0.2, -0.15) is 0 Å². The fourth-order valence-electron chi connectivity index (χ4n) is 1.61. The molecule has 1 atom stereocenters. The number of nitrogens with one attached hydrogen (secondary N) is 1. The molecule has 0 saturated heterocycles. The van der Waals surface area contributed by atoms with Crippen molar-refractivity contribution < 1.29 is 17.9 Å². The van der Waals surface area contributed by atoms with E-state index < -0.39 is 16.1 Å². The minimum atomic E-state index is -3.71. The predicted octanol–water partition coefficient (Wildman–Crippen LogP) is 0.375. The lowest BCUT2D eigenvalue weighted by molar-refractivity contribution is -0.143. The first-order valence-corrected chi connectivity index (χ1v) is 7.36. The summed E-state index contributed by atoms with van der Waals surface area (Å²) in [6.45, 7) is 2.21. The number of benzene rings is 1. The molecule has 7 heteroatoms. The monoisotopic (exact) mass is 286 g/mol. The second-order valence-corrected chi connectivity index (χ2v) is 5.62. The van der Waals surface area contributed by atoms with E-state index in [-0.39, 0.29) is 10.9 Å². The minimum absolute atomic E-state index is 0.0536. The number of nitrogens with two attached hydrogens (primary N) is 1. The average molecular weight is 286 g/mol. The van der Waals surface area contributed by atoms with Crippen LogP contribution >= 0.6 is 0 Å². The van der Waals surface area contributed by atoms with Gasteiger partial charge in [-0.3, -0.25) is 4.79 Å². The van der Waals surface area contributed by atoms with Crippen LogP contribution in [0.5, 0.6) is 0 Å². The number of hydrogen-bond acceptors (Lipinski definition) is 5. The van der Waals surface area contributed by atoms with Gasteiger partial charge >= 0.3 is 5.97 Å². The lowest BCUT2D eigenvalue weighted by Gasteiger charge is -2.14. The first-order valence-electron chi connectivity index (χ1n) is 5.81. The van der Waals surface area contributed by atoms with Gasteiger partial charge in [-0.05, 0) is 24.1 Å². The van der Waals surface area contributed by atoms with Crippen molar-refractivity contribution in [2.45, 2.75) is 30.8 Å². The third kappa shape index (κ3) is 4.62. The molecule has 0 aliphatic rings. The molecule has 1 rings (SSSR count). The van der Waals surface area contributed by atoms with Crippen LogP contribution < -0.4 is 10.5 Å². The highest BCUT2D eigenvalue weighted by Gasteiger charge is 2.16. The van der Waals surface area contributed by atoms with Crippen LogP contribution in [0.25, 0.3) is 0 Å². The Morgan fingerprint density at radius 1 is 1.47 bits per heavy atom. The Hall–Kier alpha value is -1.44. The summed E-state index contributed by atoms with van der Waals surface area (Å²) in [6, 6.07) is 5.85. The fourth-order valence-corrected chi connectivity index (χ4v) is 2.19. The molecule has 0 amide bonds. The maximum Gasteiger partial charge on any atom is 0.322 e. The zero-order valence-corrected chi connectivity index (χ0v) is 11.7. The zero-order valence-electron chi connectivity index (χ0n) is 10.9. The van der Waals surface area contributed by atoms with Gasteiger partial charge in [-0.1, -0.05) is 19.1 Å². The number of sulfonamides is 1. The first kappa shape index (κ1) is 15.6. The van der Waals surface area contributed by atoms with Gasteiger partial charge in [0.25, 0.3) is 0 Å². The predicted molar refractivity (Wildman–Crippen MR) is 70.7 cm³/mol. The number of hydrogen-bond donors (Lipinski definition) is 2. The molecule has 6 nitrogen and oxygen atoms in total. The van der Waals surface area contributed by atoms with Crippen molar-refractivity contribution in [1.82, 2.24) is 5.32 Å². The lowest BCUT2D eigenvalue weighted by atomic mass is 10.2. The summed E-state index contributed by atoms with van der Waals surface area (Å²) in [4.78, 5) is 11.4. The van der Waals surface area contributed by atoms with E-state index in [0.29, 0.717) is 13.0 Å². The van der Waals surface area contributed by atoms with Crippen LogP contribution in [-0.2, 0) is 26.1 Å². The van der Waals surface area contributed by atoms with Crippen LogP contribution in [0.2, 0.25) is 0 Å². The van der Waals surface area contributed by atoms with Crippen molar-refractivity contribution >= 4 is 16.0 Å². The van der Waals surface area contributed by atoms with Crippen LogP contribution in [0.3, 0.4) is 0 Å². The van der Waals surface area contributed by atoms with Gasteiger partial charge in [0.05, 0.1) is 12.0 Å². The van der Waals surface area contributed by atoms with E-state index in [1.165, 1.54) is 19.2 Å². The van der Waals surface area contributed by atoms with Crippen LogP contribution in [-0.4, -0.2) is 27.5 Å². The summed E-state index contributed by atoms with van der Waals surface area (Å²) in [5.74, 6) is -0.342. The molecule has 0 aliphatic heterocycles. The number of carbonyl (C=O) groups is 1. The Kier molecular flexibility index (Phi) is 5.46. The molecule has 1 aromatic rings. The van der Waals surface area contributed by atoms with E-state index in [2.05, 4.69) is 10.1 Å². The molecule has 0 aromatic heterocycles. The van der Waals surface area contributed by atoms with Crippen molar-refractivity contribution in [3.05, 3.63) is 29.8 Å². The van der Waals surface area contributed by atoms with Crippen LogP contribution in [0.4, 0.5) is 0 Å². The van der Waals surface area contributed by atoms with Gasteiger partial charge in [0, 0.05) is 6.54 Å². The second kappa shape index (κ2) is 6.65. The van der Waals surface area contributed by atoms with Crippen molar-refractivity contribution in [2.75, 3.05) is 7.11 Å². The Bertz CT molecular complexity index is 542. The molecule has 0 heterocycles. The molecule has 1 unspecified atom stereocenters. The number of methoxy groups -OCH3 is 1. The minimum Gasteiger partial charge on any atom is -0.468 e. The SMILES string of the molecule is CCC(NCc1cccc(S(N)(=O)=O)c1)C(=O)OC. The molecule has 1 aromatic carbocycles. The van der Waals surface area contributed by atoms with Crippen molar-refractivity contribution in [1.29, 1.82) is 0 Å². The summed E-state index contributed by atoms with van der Waals surface area (Å²) >= 11 is 0. The molecule has 0 bridgehead atoms. The lowest BCUT2D eigenvalue weighted by Crippen LogP contribution is -2.36. The van der Waals surface area contributed by atoms with Gasteiger partial charge < -0.3 is 10.1 Å². The first-order chi connectivity index (χ1) is 8.88. The average Bonchev–Trinajstić information content (AvgIpc) is 2.38. The van der Waals surface area contributed by atoms with E-state index in [1.807, 2.05) is 6.92 Å². The van der Waals surface area contributed by atoms with Gasteiger partial charge in [-0.25, -0.2) is 13.6 Å². The Balaban J connectivity index is 2.76. The van der Waals surface area contributed by atoms with Gasteiger partial charge in [0.1, 0.15) is 6.04 Å². The topological polar surface area (TPSA) is 98.5 Å². The van der Waals surface area contributed by atoms with Crippen LogP contribution in [0, 0.1) is 0 Å². The number of carbonyl (C=O) groups excluding carboxylic acids is 1. The van der Waals surface area contributed by atoms with Gasteiger partial charge in [-0.15, -0.1) is 0 Å². The summed E-state index contributed by atoms with van der Waals surface area (Å²) in [5.41, 5.74) is 0.730. The van der Waals surface area contributed by atoms with Crippen molar-refractivity contribution in [3.63, 3.8) is 0 Å². The smallest absolute Gasteiger partial charge is 0.322 e. The maximum absolute atomic E-state index is 11.4. The Labute approximate surface area is 113 Å². The summed E-state index contributed by atoms with van der Waals surface area (Å²) in [7, 11) is -2.38. The third-order valence-corrected chi connectivity index (χ3v) is 3.58. The molecule has 3 N–H and O–H groups in total. The second-order valence-electron chi connectivity index (χ2n) is 4.06. The molecular formula is C12H18N2O4S. The highest BCUT2D eigenvalue weighted by Crippen LogP contribution is 2.10. The van der Waals surface area contributed by atoms with Gasteiger partial charge in [0.2, 0.25) is 10.0 Å². The Morgan fingerprint density at radius 3 is 2.68 bits per heavy atom. The van der Waals surface area contributed by atoms with Crippen molar-refractivity contribution in [2.24, 2.45) is 5.14 Å². The fraction of sp³-hybridized carbons (Fsp3) is 0.417. The molecule has 0 radical (unpaired) electrons. The highest BCUT2D eigenvalue weighted by molar-refractivity contribution is 7.89. The van der Waals surface area contributed by atoms with Crippen LogP contribution in [0.15, 0.2) is 29.2 Å². The summed E-state index contributed by atoms with van der Waals surface area (Å²) < 4.78 is 27.1. The Morgan fingerprint density at radius 2 is 2.16 bits per heavy atom. The number of rotatable bonds is 6. The van der Waals surface area contributed by atoms with E-state index in [1.54, 1.807) is 12.1 Å². The largest absolute Gasteiger partial charge is 0.468 e. The molecular weight excluding hydrogens is 268 g/mol. The standard InChI is InChI=1S/C12H18N2O4S/c1-3-11(12(15)18-2)14-8-9-5-4-6-10(7-9)19(13,16)17/h4-7,11,14H,3,8H2,1-2H3,(H2,13,16,17). The molecule has 106 valence electrons. The summed E-state index contributed by atoms with van der Waals surface area (Å²) in [6.07, 6.45) is 0.585. The van der Waals surface area contributed by atoms with Crippen LogP contribution in [0.1, 0.15) is 18.9 Å².